The van der Waals surface area contributed by atoms with E-state index in [1.54, 1.807) is 7.11 Å². The number of hydrogen-bond acceptors (Lipinski definition) is 3. The Balaban J connectivity index is 2.00. The largest absolute Gasteiger partial charge is 0.496 e. The molecule has 1 atom stereocenters. The first-order valence-electron chi connectivity index (χ1n) is 9.93. The van der Waals surface area contributed by atoms with Crippen LogP contribution in [0.1, 0.15) is 69.4 Å². The fourth-order valence-electron chi connectivity index (χ4n) is 4.12. The van der Waals surface area contributed by atoms with Crippen LogP contribution in [0.15, 0.2) is 18.2 Å². The number of ether oxygens (including phenoxy) is 1. The molecular formula is C22H35NO3. The van der Waals surface area contributed by atoms with E-state index >= 15 is 0 Å². The topological polar surface area (TPSA) is 58.6 Å². The van der Waals surface area contributed by atoms with E-state index in [1.807, 2.05) is 13.0 Å². The van der Waals surface area contributed by atoms with Crippen molar-refractivity contribution in [3.05, 3.63) is 29.3 Å². The number of amides is 1. The molecule has 4 nitrogen and oxygen atoms in total. The number of nitrogens with one attached hydrogen (secondary N) is 1. The van der Waals surface area contributed by atoms with Crippen molar-refractivity contribution in [2.45, 2.75) is 65.2 Å². The number of aliphatic hydroxyl groups is 1. The van der Waals surface area contributed by atoms with Crippen molar-refractivity contribution in [1.29, 1.82) is 0 Å². The van der Waals surface area contributed by atoms with E-state index in [0.717, 1.165) is 37.0 Å². The predicted molar refractivity (Wildman–Crippen MR) is 106 cm³/mol. The van der Waals surface area contributed by atoms with Crippen LogP contribution in [0.25, 0.3) is 0 Å². The van der Waals surface area contributed by atoms with Crippen molar-refractivity contribution in [2.75, 3.05) is 20.3 Å². The molecule has 1 aliphatic carbocycles. The van der Waals surface area contributed by atoms with E-state index in [4.69, 9.17) is 4.74 Å². The van der Waals surface area contributed by atoms with Crippen molar-refractivity contribution in [3.8, 4) is 5.75 Å². The maximum Gasteiger partial charge on any atom is 0.220 e. The molecule has 1 amide bonds. The van der Waals surface area contributed by atoms with Gasteiger partial charge < -0.3 is 15.2 Å². The van der Waals surface area contributed by atoms with Crippen LogP contribution in [0.2, 0.25) is 0 Å². The molecule has 1 aliphatic rings. The zero-order chi connectivity index (χ0) is 19.2. The van der Waals surface area contributed by atoms with Gasteiger partial charge in [0.1, 0.15) is 5.75 Å². The number of carbonyl (C=O) groups excluding carboxylic acids is 1. The van der Waals surface area contributed by atoms with Gasteiger partial charge in [0.15, 0.2) is 0 Å². The summed E-state index contributed by atoms with van der Waals surface area (Å²) in [5.41, 5.74) is 2.17. The smallest absolute Gasteiger partial charge is 0.220 e. The summed E-state index contributed by atoms with van der Waals surface area (Å²) in [5.74, 6) is 1.50. The normalized spacial score (nSPS) is 17.8. The molecule has 2 rings (SSSR count). The Morgan fingerprint density at radius 2 is 1.96 bits per heavy atom. The molecule has 146 valence electrons. The molecule has 1 fully saturated rings. The summed E-state index contributed by atoms with van der Waals surface area (Å²) in [6.07, 6.45) is 6.03. The number of aryl methyl sites for hydroxylation is 1. The van der Waals surface area contributed by atoms with E-state index in [0.29, 0.717) is 18.9 Å². The number of benzene rings is 1. The van der Waals surface area contributed by atoms with Gasteiger partial charge >= 0.3 is 0 Å². The fraction of sp³-hybridized carbons (Fsp3) is 0.682. The van der Waals surface area contributed by atoms with E-state index in [9.17, 15) is 9.90 Å². The van der Waals surface area contributed by atoms with Gasteiger partial charge in [0, 0.05) is 18.4 Å². The molecule has 1 aromatic carbocycles. The van der Waals surface area contributed by atoms with Crippen LogP contribution in [0, 0.1) is 18.3 Å². The first-order chi connectivity index (χ1) is 12.4. The molecule has 0 aromatic heterocycles. The van der Waals surface area contributed by atoms with E-state index < -0.39 is 0 Å². The maximum absolute atomic E-state index is 12.6. The van der Waals surface area contributed by atoms with Crippen LogP contribution in [0.5, 0.6) is 5.75 Å². The summed E-state index contributed by atoms with van der Waals surface area (Å²) in [6.45, 7) is 7.11. The summed E-state index contributed by atoms with van der Waals surface area (Å²) in [6, 6.07) is 6.19. The Morgan fingerprint density at radius 3 is 2.50 bits per heavy atom. The van der Waals surface area contributed by atoms with Gasteiger partial charge in [-0.05, 0) is 48.8 Å². The molecule has 0 aliphatic heterocycles. The minimum absolute atomic E-state index is 0.0792. The second kappa shape index (κ2) is 9.40. The second-order valence-corrected chi connectivity index (χ2v) is 8.28. The average Bonchev–Trinajstić information content (AvgIpc) is 2.65. The minimum atomic E-state index is -0.113. The summed E-state index contributed by atoms with van der Waals surface area (Å²) in [5, 5.41) is 12.9. The first-order valence-corrected chi connectivity index (χ1v) is 9.93. The predicted octanol–water partition coefficient (Wildman–Crippen LogP) is 4.19. The van der Waals surface area contributed by atoms with Gasteiger partial charge in [-0.2, -0.15) is 0 Å². The van der Waals surface area contributed by atoms with Gasteiger partial charge in [-0.1, -0.05) is 45.2 Å². The molecule has 26 heavy (non-hydrogen) atoms. The third-order valence-electron chi connectivity index (χ3n) is 5.97. The summed E-state index contributed by atoms with van der Waals surface area (Å²) >= 11 is 0. The molecule has 0 heterocycles. The van der Waals surface area contributed by atoms with Crippen LogP contribution in [0.3, 0.4) is 0 Å². The lowest BCUT2D eigenvalue weighted by Gasteiger charge is -2.35. The minimum Gasteiger partial charge on any atom is -0.496 e. The van der Waals surface area contributed by atoms with Gasteiger partial charge in [-0.25, -0.2) is 0 Å². The number of rotatable bonds is 8. The third-order valence-corrected chi connectivity index (χ3v) is 5.97. The zero-order valence-electron chi connectivity index (χ0n) is 16.8. The van der Waals surface area contributed by atoms with E-state index in [1.165, 1.54) is 12.0 Å². The van der Waals surface area contributed by atoms with Gasteiger partial charge in [0.2, 0.25) is 5.91 Å². The number of methoxy groups -OCH3 is 1. The summed E-state index contributed by atoms with van der Waals surface area (Å²) < 4.78 is 5.35. The highest BCUT2D eigenvalue weighted by atomic mass is 16.5. The van der Waals surface area contributed by atoms with Crippen LogP contribution in [0.4, 0.5) is 0 Å². The quantitative estimate of drug-likeness (QED) is 0.730. The number of carbonyl (C=O) groups is 1. The molecule has 1 saturated carbocycles. The Hall–Kier alpha value is -1.55. The lowest BCUT2D eigenvalue weighted by atomic mass is 9.74. The van der Waals surface area contributed by atoms with Crippen molar-refractivity contribution in [3.63, 3.8) is 0 Å². The van der Waals surface area contributed by atoms with Crippen molar-refractivity contribution in [2.24, 2.45) is 11.3 Å². The van der Waals surface area contributed by atoms with Crippen molar-refractivity contribution in [1.82, 2.24) is 5.32 Å². The Kier molecular flexibility index (Phi) is 7.51. The molecule has 1 aromatic rings. The molecule has 0 radical (unpaired) electrons. The molecule has 0 saturated heterocycles. The fourth-order valence-corrected chi connectivity index (χ4v) is 4.12. The van der Waals surface area contributed by atoms with Crippen molar-refractivity contribution < 1.29 is 14.6 Å². The average molecular weight is 362 g/mol. The summed E-state index contributed by atoms with van der Waals surface area (Å²) in [7, 11) is 1.68. The Bertz CT molecular complexity index is 591. The monoisotopic (exact) mass is 361 g/mol. The first kappa shape index (κ1) is 20.8. The highest BCUT2D eigenvalue weighted by molar-refractivity contribution is 5.77. The summed E-state index contributed by atoms with van der Waals surface area (Å²) in [4.78, 5) is 12.6. The van der Waals surface area contributed by atoms with E-state index in [-0.39, 0.29) is 23.8 Å². The highest BCUT2D eigenvalue weighted by Gasteiger charge is 2.32. The van der Waals surface area contributed by atoms with Gasteiger partial charge in [0.05, 0.1) is 13.7 Å². The van der Waals surface area contributed by atoms with Gasteiger partial charge in [0.25, 0.3) is 0 Å². The number of aliphatic hydroxyl groups excluding tert-OH is 1. The van der Waals surface area contributed by atoms with Crippen LogP contribution >= 0.6 is 0 Å². The lowest BCUT2D eigenvalue weighted by Crippen LogP contribution is -2.41. The SMILES string of the molecule is COc1ccc(C(CC(=O)NCC2(CO)CCCCC2)C(C)C)cc1C. The molecule has 2 N–H and O–H groups in total. The third kappa shape index (κ3) is 5.23. The molecule has 0 spiro atoms. The van der Waals surface area contributed by atoms with Gasteiger partial charge in [-0.3, -0.25) is 4.79 Å². The lowest BCUT2D eigenvalue weighted by molar-refractivity contribution is -0.122. The van der Waals surface area contributed by atoms with Crippen molar-refractivity contribution >= 4 is 5.91 Å². The van der Waals surface area contributed by atoms with Crippen LogP contribution in [-0.4, -0.2) is 31.3 Å². The Morgan fingerprint density at radius 1 is 1.27 bits per heavy atom. The zero-order valence-corrected chi connectivity index (χ0v) is 16.8. The molecular weight excluding hydrogens is 326 g/mol. The standard InChI is InChI=1S/C22H35NO3/c1-16(2)19(18-8-9-20(26-4)17(3)12-18)13-21(25)23-14-22(15-24)10-6-5-7-11-22/h8-9,12,16,19,24H,5-7,10-11,13-15H2,1-4H3,(H,23,25). The second-order valence-electron chi connectivity index (χ2n) is 8.28. The van der Waals surface area contributed by atoms with Crippen LogP contribution in [-0.2, 0) is 4.79 Å². The molecule has 0 bridgehead atoms. The Labute approximate surface area is 158 Å². The highest BCUT2D eigenvalue weighted by Crippen LogP contribution is 2.35. The molecule has 1 unspecified atom stereocenters. The number of hydrogen-bond donors (Lipinski definition) is 2. The molecule has 4 heteroatoms. The van der Waals surface area contributed by atoms with Crippen LogP contribution < -0.4 is 10.1 Å². The van der Waals surface area contributed by atoms with Gasteiger partial charge in [-0.15, -0.1) is 0 Å². The van der Waals surface area contributed by atoms with E-state index in [2.05, 4.69) is 31.3 Å². The maximum atomic E-state index is 12.6.